The second-order valence-corrected chi connectivity index (χ2v) is 8.39. The van der Waals surface area contributed by atoms with E-state index in [9.17, 15) is 0 Å². The van der Waals surface area contributed by atoms with E-state index in [1.807, 2.05) is 54.9 Å². The largest absolute Gasteiger partial charge is 0.497 e. The first-order valence-electron chi connectivity index (χ1n) is 11.9. The lowest BCUT2D eigenvalue weighted by atomic mass is 9.85. The Kier molecular flexibility index (Phi) is 6.90. The van der Waals surface area contributed by atoms with Gasteiger partial charge < -0.3 is 9.47 Å². The van der Waals surface area contributed by atoms with Gasteiger partial charge in [0.25, 0.3) is 0 Å². The maximum absolute atomic E-state index is 5.43. The Bertz CT molecular complexity index is 1390. The fourth-order valence-electron chi connectivity index (χ4n) is 4.40. The minimum atomic E-state index is 0.829. The number of hydrogen-bond acceptors (Lipinski definition) is 3. The number of pyridine rings is 1. The first-order chi connectivity index (χ1) is 17.8. The lowest BCUT2D eigenvalue weighted by Crippen LogP contribution is -1.98. The standard InChI is InChI=1S/C33H27NO2/c1-35-30-16-12-28(13-17-30)33(29-14-18-31(36-2)19-15-29)32(26-6-4-3-5-7-26)27-10-8-24(9-11-27)25-20-22-34-23-21-25/h3-23H,1-2H3. The second kappa shape index (κ2) is 10.7. The average molecular weight is 470 g/mol. The lowest BCUT2D eigenvalue weighted by molar-refractivity contribution is 0.414. The van der Waals surface area contributed by atoms with Crippen molar-refractivity contribution in [2.75, 3.05) is 14.2 Å². The predicted molar refractivity (Wildman–Crippen MR) is 147 cm³/mol. The van der Waals surface area contributed by atoms with Gasteiger partial charge in [-0.05, 0) is 80.9 Å². The zero-order valence-corrected chi connectivity index (χ0v) is 20.4. The van der Waals surface area contributed by atoms with E-state index < -0.39 is 0 Å². The maximum Gasteiger partial charge on any atom is 0.118 e. The second-order valence-electron chi connectivity index (χ2n) is 8.39. The monoisotopic (exact) mass is 469 g/mol. The Labute approximate surface area is 212 Å². The van der Waals surface area contributed by atoms with Gasteiger partial charge in [0.1, 0.15) is 11.5 Å². The molecule has 0 aliphatic heterocycles. The van der Waals surface area contributed by atoms with Gasteiger partial charge in [0.15, 0.2) is 0 Å². The first kappa shape index (κ1) is 23.1. The van der Waals surface area contributed by atoms with Crippen LogP contribution in [0.4, 0.5) is 0 Å². The zero-order chi connectivity index (χ0) is 24.7. The summed E-state index contributed by atoms with van der Waals surface area (Å²) in [5.41, 5.74) is 9.11. The van der Waals surface area contributed by atoms with Crippen molar-refractivity contribution >= 4 is 11.1 Å². The predicted octanol–water partition coefficient (Wildman–Crippen LogP) is 7.77. The molecule has 0 bridgehead atoms. The fraction of sp³-hybridized carbons (Fsp3) is 0.0606. The Morgan fingerprint density at radius 2 is 0.833 bits per heavy atom. The van der Waals surface area contributed by atoms with Crippen LogP contribution in [0.1, 0.15) is 22.3 Å². The van der Waals surface area contributed by atoms with Gasteiger partial charge in [0.2, 0.25) is 0 Å². The van der Waals surface area contributed by atoms with Crippen LogP contribution >= 0.6 is 0 Å². The number of ether oxygens (including phenoxy) is 2. The molecule has 3 nitrogen and oxygen atoms in total. The summed E-state index contributed by atoms with van der Waals surface area (Å²) in [4.78, 5) is 4.15. The molecule has 36 heavy (non-hydrogen) atoms. The molecule has 3 heteroatoms. The number of methoxy groups -OCH3 is 2. The van der Waals surface area contributed by atoms with E-state index in [4.69, 9.17) is 9.47 Å². The van der Waals surface area contributed by atoms with Crippen LogP contribution in [0.5, 0.6) is 11.5 Å². The molecule has 0 fully saturated rings. The summed E-state index contributed by atoms with van der Waals surface area (Å²) in [6, 6.07) is 39.9. The van der Waals surface area contributed by atoms with Crippen molar-refractivity contribution in [3.63, 3.8) is 0 Å². The number of nitrogens with zero attached hydrogens (tertiary/aromatic N) is 1. The first-order valence-corrected chi connectivity index (χ1v) is 11.9. The van der Waals surface area contributed by atoms with E-state index in [0.717, 1.165) is 56.0 Å². The van der Waals surface area contributed by atoms with Crippen LogP contribution in [0.2, 0.25) is 0 Å². The van der Waals surface area contributed by atoms with Gasteiger partial charge in [-0.15, -0.1) is 0 Å². The third kappa shape index (κ3) is 4.91. The van der Waals surface area contributed by atoms with E-state index >= 15 is 0 Å². The molecular formula is C33H27NO2. The Morgan fingerprint density at radius 3 is 1.28 bits per heavy atom. The molecule has 0 atom stereocenters. The molecule has 1 heterocycles. The molecule has 176 valence electrons. The summed E-state index contributed by atoms with van der Waals surface area (Å²) >= 11 is 0. The highest BCUT2D eigenvalue weighted by atomic mass is 16.5. The van der Waals surface area contributed by atoms with Crippen molar-refractivity contribution in [2.45, 2.75) is 0 Å². The smallest absolute Gasteiger partial charge is 0.118 e. The van der Waals surface area contributed by atoms with Crippen molar-refractivity contribution in [2.24, 2.45) is 0 Å². The van der Waals surface area contributed by atoms with Crippen molar-refractivity contribution in [3.8, 4) is 22.6 Å². The molecule has 0 spiro atoms. The molecule has 0 saturated carbocycles. The summed E-state index contributed by atoms with van der Waals surface area (Å²) in [6.07, 6.45) is 3.65. The Balaban J connectivity index is 1.75. The normalized spacial score (nSPS) is 10.5. The van der Waals surface area contributed by atoms with Gasteiger partial charge in [-0.1, -0.05) is 78.9 Å². The molecule has 0 N–H and O–H groups in total. The van der Waals surface area contributed by atoms with Crippen LogP contribution in [0.25, 0.3) is 22.3 Å². The molecule has 0 radical (unpaired) electrons. The van der Waals surface area contributed by atoms with Crippen LogP contribution in [0.15, 0.2) is 128 Å². The van der Waals surface area contributed by atoms with Crippen LogP contribution < -0.4 is 9.47 Å². The summed E-state index contributed by atoms with van der Waals surface area (Å²) < 4.78 is 10.9. The third-order valence-corrected chi connectivity index (χ3v) is 6.26. The SMILES string of the molecule is COc1ccc(C(=C(c2ccccc2)c2ccc(-c3ccncc3)cc2)c2ccc(OC)cc2)cc1. The van der Waals surface area contributed by atoms with Crippen LogP contribution in [-0.4, -0.2) is 19.2 Å². The zero-order valence-electron chi connectivity index (χ0n) is 20.4. The average Bonchev–Trinajstić information content (AvgIpc) is 2.97. The molecule has 1 aromatic heterocycles. The molecule has 0 aliphatic carbocycles. The maximum atomic E-state index is 5.43. The van der Waals surface area contributed by atoms with Crippen molar-refractivity contribution in [1.29, 1.82) is 0 Å². The van der Waals surface area contributed by atoms with Crippen molar-refractivity contribution in [1.82, 2.24) is 4.98 Å². The van der Waals surface area contributed by atoms with Crippen LogP contribution in [-0.2, 0) is 0 Å². The van der Waals surface area contributed by atoms with E-state index in [2.05, 4.69) is 77.8 Å². The molecule has 5 aromatic rings. The van der Waals surface area contributed by atoms with Crippen LogP contribution in [0, 0.1) is 0 Å². The van der Waals surface area contributed by atoms with Gasteiger partial charge in [-0.2, -0.15) is 0 Å². The quantitative estimate of drug-likeness (QED) is 0.228. The van der Waals surface area contributed by atoms with Crippen molar-refractivity contribution in [3.05, 3.63) is 150 Å². The molecular weight excluding hydrogens is 442 g/mol. The number of hydrogen-bond donors (Lipinski definition) is 0. The molecule has 4 aromatic carbocycles. The molecule has 0 saturated heterocycles. The topological polar surface area (TPSA) is 31.4 Å². The van der Waals surface area contributed by atoms with Crippen LogP contribution in [0.3, 0.4) is 0 Å². The Morgan fingerprint density at radius 1 is 0.444 bits per heavy atom. The number of aromatic nitrogens is 1. The van der Waals surface area contributed by atoms with Gasteiger partial charge in [-0.3, -0.25) is 4.98 Å². The minimum Gasteiger partial charge on any atom is -0.497 e. The van der Waals surface area contributed by atoms with E-state index in [1.165, 1.54) is 0 Å². The fourth-order valence-corrected chi connectivity index (χ4v) is 4.40. The minimum absolute atomic E-state index is 0.829. The van der Waals surface area contributed by atoms with E-state index in [1.54, 1.807) is 14.2 Å². The highest BCUT2D eigenvalue weighted by Crippen LogP contribution is 2.38. The summed E-state index contributed by atoms with van der Waals surface area (Å²) in [5.74, 6) is 1.66. The molecule has 0 amide bonds. The molecule has 5 rings (SSSR count). The van der Waals surface area contributed by atoms with Crippen molar-refractivity contribution < 1.29 is 9.47 Å². The highest BCUT2D eigenvalue weighted by Gasteiger charge is 2.17. The van der Waals surface area contributed by atoms with E-state index in [0.29, 0.717) is 0 Å². The number of benzene rings is 4. The Hall–Kier alpha value is -4.63. The summed E-state index contributed by atoms with van der Waals surface area (Å²) in [6.45, 7) is 0. The van der Waals surface area contributed by atoms with E-state index in [-0.39, 0.29) is 0 Å². The molecule has 0 aliphatic rings. The summed E-state index contributed by atoms with van der Waals surface area (Å²) in [5, 5.41) is 0. The number of rotatable bonds is 7. The van der Waals surface area contributed by atoms with Gasteiger partial charge in [-0.25, -0.2) is 0 Å². The molecule has 0 unspecified atom stereocenters. The van der Waals surface area contributed by atoms with Gasteiger partial charge in [0, 0.05) is 12.4 Å². The van der Waals surface area contributed by atoms with Gasteiger partial charge >= 0.3 is 0 Å². The lowest BCUT2D eigenvalue weighted by Gasteiger charge is -2.19. The van der Waals surface area contributed by atoms with Gasteiger partial charge in [0.05, 0.1) is 14.2 Å². The summed E-state index contributed by atoms with van der Waals surface area (Å²) in [7, 11) is 3.38. The highest BCUT2D eigenvalue weighted by molar-refractivity contribution is 6.04. The third-order valence-electron chi connectivity index (χ3n) is 6.26.